The maximum Gasteiger partial charge on any atom is 0.311 e. The molecule has 3 rings (SSSR count). The van der Waals surface area contributed by atoms with Gasteiger partial charge in [-0.25, -0.2) is 0 Å². The van der Waals surface area contributed by atoms with Crippen molar-refractivity contribution in [3.05, 3.63) is 61.0 Å². The van der Waals surface area contributed by atoms with Gasteiger partial charge in [0.25, 0.3) is 11.8 Å². The topological polar surface area (TPSA) is 105 Å². The summed E-state index contributed by atoms with van der Waals surface area (Å²) in [5, 5.41) is 4.55. The maximum atomic E-state index is 12.4. The van der Waals surface area contributed by atoms with Crippen LogP contribution < -0.4 is 10.7 Å². The van der Waals surface area contributed by atoms with Crippen molar-refractivity contribution in [2.75, 3.05) is 18.5 Å². The lowest BCUT2D eigenvalue weighted by molar-refractivity contribution is -0.151. The van der Waals surface area contributed by atoms with Gasteiger partial charge in [0, 0.05) is 22.1 Å². The van der Waals surface area contributed by atoms with Gasteiger partial charge in [-0.05, 0) is 58.7 Å². The van der Waals surface area contributed by atoms with E-state index in [4.69, 9.17) is 39.5 Å². The molecule has 0 aromatic heterocycles. The van der Waals surface area contributed by atoms with Gasteiger partial charge < -0.3 is 10.1 Å². The van der Waals surface area contributed by atoms with E-state index in [1.54, 1.807) is 19.1 Å². The molecule has 0 aliphatic carbocycles. The molecule has 8 nitrogen and oxygen atoms in total. The molecule has 0 bridgehead atoms. The Bertz CT molecular complexity index is 1140. The number of hydrogen-bond donors (Lipinski definition) is 2. The number of halogens is 4. The summed E-state index contributed by atoms with van der Waals surface area (Å²) in [5.74, 6) is -3.16. The van der Waals surface area contributed by atoms with Gasteiger partial charge in [0.2, 0.25) is 5.91 Å². The molecular weight excluding hydrogens is 561 g/mol. The van der Waals surface area contributed by atoms with E-state index in [1.165, 1.54) is 18.2 Å². The van der Waals surface area contributed by atoms with E-state index in [-0.39, 0.29) is 28.6 Å². The molecule has 33 heavy (non-hydrogen) atoms. The second-order valence-electron chi connectivity index (χ2n) is 7.21. The van der Waals surface area contributed by atoms with E-state index in [0.717, 1.165) is 10.6 Å². The van der Waals surface area contributed by atoms with Crippen LogP contribution in [-0.4, -0.2) is 41.9 Å². The van der Waals surface area contributed by atoms with E-state index in [1.807, 2.05) is 0 Å². The summed E-state index contributed by atoms with van der Waals surface area (Å²) < 4.78 is 5.74. The molecule has 1 aliphatic rings. The van der Waals surface area contributed by atoms with E-state index < -0.39 is 36.2 Å². The van der Waals surface area contributed by atoms with Crippen molar-refractivity contribution in [1.82, 2.24) is 10.4 Å². The lowest BCUT2D eigenvalue weighted by Gasteiger charge is -2.17. The third kappa shape index (κ3) is 6.38. The largest absolute Gasteiger partial charge is 0.455 e. The second-order valence-corrected chi connectivity index (χ2v) is 9.29. The average molecular weight is 578 g/mol. The van der Waals surface area contributed by atoms with E-state index in [0.29, 0.717) is 15.2 Å². The van der Waals surface area contributed by atoms with Crippen LogP contribution in [0.2, 0.25) is 15.1 Å². The predicted molar refractivity (Wildman–Crippen MR) is 127 cm³/mol. The number of rotatable bonds is 6. The van der Waals surface area contributed by atoms with Gasteiger partial charge in [-0.1, -0.05) is 34.8 Å². The molecular formula is C21H17BrCl3N3O5. The number of carbonyl (C=O) groups excluding carboxylic acids is 4. The quantitative estimate of drug-likeness (QED) is 0.496. The molecule has 0 spiro atoms. The van der Waals surface area contributed by atoms with Gasteiger partial charge in [0.05, 0.1) is 27.5 Å². The molecule has 2 N–H and O–H groups in total. The number of hydrazine groups is 1. The van der Waals surface area contributed by atoms with Crippen LogP contribution in [0.25, 0.3) is 0 Å². The summed E-state index contributed by atoms with van der Waals surface area (Å²) in [6.45, 7) is 1.16. The van der Waals surface area contributed by atoms with Crippen molar-refractivity contribution >= 4 is 80.1 Å². The van der Waals surface area contributed by atoms with Crippen LogP contribution in [0.15, 0.2) is 34.8 Å². The van der Waals surface area contributed by atoms with Gasteiger partial charge in [0.15, 0.2) is 6.61 Å². The molecule has 0 saturated carbocycles. The van der Waals surface area contributed by atoms with Gasteiger partial charge >= 0.3 is 5.97 Å². The summed E-state index contributed by atoms with van der Waals surface area (Å²) in [5.41, 5.74) is 3.87. The van der Waals surface area contributed by atoms with Crippen molar-refractivity contribution < 1.29 is 23.9 Å². The monoisotopic (exact) mass is 575 g/mol. The molecule has 0 unspecified atom stereocenters. The molecule has 2 aromatic rings. The van der Waals surface area contributed by atoms with Crippen molar-refractivity contribution in [1.29, 1.82) is 0 Å². The second kappa shape index (κ2) is 10.7. The molecule has 0 radical (unpaired) electrons. The van der Waals surface area contributed by atoms with Crippen LogP contribution in [0, 0.1) is 12.8 Å². The molecule has 1 fully saturated rings. The Morgan fingerprint density at radius 1 is 1.12 bits per heavy atom. The number of amides is 3. The Balaban J connectivity index is 1.51. The smallest absolute Gasteiger partial charge is 0.311 e. The lowest BCUT2D eigenvalue weighted by atomic mass is 10.1. The number of nitrogens with zero attached hydrogens (tertiary/aromatic N) is 1. The number of aryl methyl sites for hydroxylation is 1. The van der Waals surface area contributed by atoms with E-state index in [2.05, 4.69) is 26.7 Å². The summed E-state index contributed by atoms with van der Waals surface area (Å²) in [7, 11) is 0. The lowest BCUT2D eigenvalue weighted by Crippen LogP contribution is -2.43. The molecule has 12 heteroatoms. The first kappa shape index (κ1) is 25.3. The molecule has 2 aromatic carbocycles. The Kier molecular flexibility index (Phi) is 8.23. The first-order valence-electron chi connectivity index (χ1n) is 9.53. The van der Waals surface area contributed by atoms with Crippen molar-refractivity contribution in [3.63, 3.8) is 0 Å². The zero-order valence-electron chi connectivity index (χ0n) is 17.1. The fraction of sp³-hybridized carbons (Fsp3) is 0.238. The van der Waals surface area contributed by atoms with Crippen LogP contribution >= 0.6 is 50.7 Å². The zero-order chi connectivity index (χ0) is 24.3. The highest BCUT2D eigenvalue weighted by Gasteiger charge is 2.36. The fourth-order valence-electron chi connectivity index (χ4n) is 3.02. The number of carbonyl (C=O) groups is 4. The Morgan fingerprint density at radius 3 is 2.55 bits per heavy atom. The Hall–Kier alpha value is -2.33. The number of benzene rings is 2. The molecule has 174 valence electrons. The van der Waals surface area contributed by atoms with Gasteiger partial charge in [-0.15, -0.1) is 0 Å². The van der Waals surface area contributed by atoms with Gasteiger partial charge in [0.1, 0.15) is 0 Å². The molecule has 3 amide bonds. The Morgan fingerprint density at radius 2 is 1.85 bits per heavy atom. The third-order valence-electron chi connectivity index (χ3n) is 4.76. The Labute approximate surface area is 212 Å². The average Bonchev–Trinajstić information content (AvgIpc) is 3.12. The minimum absolute atomic E-state index is 0.0895. The number of hydrogen-bond acceptors (Lipinski definition) is 5. The maximum absolute atomic E-state index is 12.4. The zero-order valence-corrected chi connectivity index (χ0v) is 20.9. The molecule has 1 aliphatic heterocycles. The molecule has 1 atom stereocenters. The minimum Gasteiger partial charge on any atom is -0.455 e. The standard InChI is InChI=1S/C21H17BrCl3N3O5/c1-10-4-13(22)15(24)7-17(10)26-18(29)9-33-21(32)12-6-19(30)28(8-12)27-20(31)11-2-3-14(23)16(25)5-11/h2-5,7,12H,6,8-9H2,1H3,(H,26,29)(H,27,31)/t12-/m1/s1. The highest BCUT2D eigenvalue weighted by Crippen LogP contribution is 2.29. The van der Waals surface area contributed by atoms with Crippen LogP contribution in [0.1, 0.15) is 22.3 Å². The number of ether oxygens (including phenoxy) is 1. The molecule has 1 saturated heterocycles. The van der Waals surface area contributed by atoms with Crippen LogP contribution in [0.5, 0.6) is 0 Å². The van der Waals surface area contributed by atoms with Crippen LogP contribution in [0.3, 0.4) is 0 Å². The number of esters is 1. The third-order valence-corrected chi connectivity index (χ3v) is 6.70. The van der Waals surface area contributed by atoms with Crippen molar-refractivity contribution in [2.45, 2.75) is 13.3 Å². The summed E-state index contributed by atoms with van der Waals surface area (Å²) in [6, 6.07) is 7.60. The SMILES string of the molecule is Cc1cc(Br)c(Cl)cc1NC(=O)COC(=O)[C@@H]1CC(=O)N(NC(=O)c2ccc(Cl)c(Cl)c2)C1. The predicted octanol–water partition coefficient (Wildman–Crippen LogP) is 4.39. The fourth-order valence-corrected chi connectivity index (χ4v) is 3.94. The van der Waals surface area contributed by atoms with Gasteiger partial charge in [-0.3, -0.25) is 29.6 Å². The molecule has 1 heterocycles. The normalized spacial score (nSPS) is 15.4. The highest BCUT2D eigenvalue weighted by molar-refractivity contribution is 9.10. The number of anilines is 1. The summed E-state index contributed by atoms with van der Waals surface area (Å²) >= 11 is 21.1. The van der Waals surface area contributed by atoms with Gasteiger partial charge in [-0.2, -0.15) is 0 Å². The number of nitrogens with one attached hydrogen (secondary N) is 2. The summed E-state index contributed by atoms with van der Waals surface area (Å²) in [6.07, 6.45) is -0.163. The highest BCUT2D eigenvalue weighted by atomic mass is 79.9. The van der Waals surface area contributed by atoms with E-state index in [9.17, 15) is 19.2 Å². The van der Waals surface area contributed by atoms with Crippen LogP contribution in [-0.2, 0) is 19.1 Å². The van der Waals surface area contributed by atoms with Crippen molar-refractivity contribution in [3.8, 4) is 0 Å². The summed E-state index contributed by atoms with van der Waals surface area (Å²) in [4.78, 5) is 49.1. The van der Waals surface area contributed by atoms with Crippen molar-refractivity contribution in [2.24, 2.45) is 5.92 Å². The first-order valence-corrected chi connectivity index (χ1v) is 11.5. The van der Waals surface area contributed by atoms with E-state index >= 15 is 0 Å². The van der Waals surface area contributed by atoms with Crippen LogP contribution in [0.4, 0.5) is 5.69 Å². The minimum atomic E-state index is -0.830. The first-order chi connectivity index (χ1) is 15.5.